The second-order valence-corrected chi connectivity index (χ2v) is 8.13. The van der Waals surface area contributed by atoms with Crippen molar-refractivity contribution in [3.8, 4) is 0 Å². The Bertz CT molecular complexity index is 1060. The van der Waals surface area contributed by atoms with E-state index in [1.807, 2.05) is 35.8 Å². The molecular formula is C23H22FN3OS. The van der Waals surface area contributed by atoms with Gasteiger partial charge in [0.15, 0.2) is 5.13 Å². The summed E-state index contributed by atoms with van der Waals surface area (Å²) in [6.07, 6.45) is 2.83. The molecule has 1 aromatic heterocycles. The second-order valence-electron chi connectivity index (χ2n) is 7.26. The van der Waals surface area contributed by atoms with Gasteiger partial charge >= 0.3 is 0 Å². The van der Waals surface area contributed by atoms with Crippen LogP contribution in [0.1, 0.15) is 34.8 Å². The minimum Gasteiger partial charge on any atom is -0.343 e. The molecule has 2 heterocycles. The van der Waals surface area contributed by atoms with Crippen molar-refractivity contribution >= 4 is 33.6 Å². The number of aromatic nitrogens is 1. The fourth-order valence-electron chi connectivity index (χ4n) is 3.49. The molecule has 3 aromatic rings. The molecule has 6 heteroatoms. The number of carbonyl (C=O) groups excluding carboxylic acids is 1. The van der Waals surface area contributed by atoms with Gasteiger partial charge in [-0.05, 0) is 61.2 Å². The Morgan fingerprint density at radius 1 is 1.17 bits per heavy atom. The highest BCUT2D eigenvalue weighted by atomic mass is 32.1. The van der Waals surface area contributed by atoms with Gasteiger partial charge in [0.25, 0.3) is 5.91 Å². The zero-order valence-corrected chi connectivity index (χ0v) is 17.2. The number of amides is 1. The van der Waals surface area contributed by atoms with Gasteiger partial charge in [-0.3, -0.25) is 4.79 Å². The number of thiazole rings is 1. The number of benzene rings is 2. The Kier molecular flexibility index (Phi) is 5.45. The molecule has 1 aliphatic rings. The third-order valence-corrected chi connectivity index (χ3v) is 6.00. The van der Waals surface area contributed by atoms with Gasteiger partial charge in [-0.15, -0.1) is 11.3 Å². The standard InChI is InChI=1S/C23H22FN3OS/c1-15-3-8-19(21(24)13-15)22(28)26-18-6-4-17(5-7-18)20-14-27(11-9-16(20)2)23-25-10-12-29-23/h3-8,10,12-13H,9,11,14H2,1-2H3,(H,26,28). The molecule has 1 aliphatic heterocycles. The smallest absolute Gasteiger partial charge is 0.258 e. The van der Waals surface area contributed by atoms with Gasteiger partial charge in [0.05, 0.1) is 5.56 Å². The lowest BCUT2D eigenvalue weighted by Crippen LogP contribution is -2.30. The quantitative estimate of drug-likeness (QED) is 0.619. The lowest BCUT2D eigenvalue weighted by Gasteiger charge is -2.30. The number of anilines is 2. The van der Waals surface area contributed by atoms with Gasteiger partial charge < -0.3 is 10.2 Å². The average molecular weight is 408 g/mol. The third kappa shape index (κ3) is 4.22. The van der Waals surface area contributed by atoms with Crippen LogP contribution < -0.4 is 10.2 Å². The van der Waals surface area contributed by atoms with Crippen LogP contribution in [-0.2, 0) is 0 Å². The minimum absolute atomic E-state index is 0.0459. The Hall–Kier alpha value is -2.99. The number of nitrogens with zero attached hydrogens (tertiary/aromatic N) is 2. The Morgan fingerprint density at radius 2 is 1.97 bits per heavy atom. The molecule has 0 unspecified atom stereocenters. The van der Waals surface area contributed by atoms with Crippen LogP contribution in [0.2, 0.25) is 0 Å². The van der Waals surface area contributed by atoms with E-state index in [2.05, 4.69) is 22.1 Å². The van der Waals surface area contributed by atoms with Crippen LogP contribution in [0.15, 0.2) is 59.6 Å². The first kappa shape index (κ1) is 19.3. The van der Waals surface area contributed by atoms with Crippen LogP contribution in [0.4, 0.5) is 15.2 Å². The van der Waals surface area contributed by atoms with Crippen molar-refractivity contribution in [3.05, 3.63) is 82.1 Å². The number of hydrogen-bond donors (Lipinski definition) is 1. The van der Waals surface area contributed by atoms with E-state index >= 15 is 0 Å². The minimum atomic E-state index is -0.510. The van der Waals surface area contributed by atoms with E-state index in [4.69, 9.17) is 0 Å². The lowest BCUT2D eigenvalue weighted by molar-refractivity contribution is 0.102. The summed E-state index contributed by atoms with van der Waals surface area (Å²) in [5.74, 6) is -0.956. The summed E-state index contributed by atoms with van der Waals surface area (Å²) in [5, 5.41) is 5.81. The van der Waals surface area contributed by atoms with Crippen molar-refractivity contribution in [1.82, 2.24) is 4.98 Å². The monoisotopic (exact) mass is 407 g/mol. The highest BCUT2D eigenvalue weighted by Gasteiger charge is 2.20. The number of nitrogens with one attached hydrogen (secondary N) is 1. The summed E-state index contributed by atoms with van der Waals surface area (Å²) in [6.45, 7) is 5.75. The topological polar surface area (TPSA) is 45.2 Å². The molecule has 4 rings (SSSR count). The maximum atomic E-state index is 14.0. The van der Waals surface area contributed by atoms with Gasteiger partial charge in [0.2, 0.25) is 0 Å². The summed E-state index contributed by atoms with van der Waals surface area (Å²) in [5.41, 5.74) is 5.26. The number of aryl methyl sites for hydroxylation is 1. The highest BCUT2D eigenvalue weighted by Crippen LogP contribution is 2.31. The van der Waals surface area contributed by atoms with Crippen molar-refractivity contribution < 1.29 is 9.18 Å². The van der Waals surface area contributed by atoms with Crippen molar-refractivity contribution in [3.63, 3.8) is 0 Å². The number of hydrogen-bond acceptors (Lipinski definition) is 4. The molecule has 1 amide bonds. The number of carbonyl (C=O) groups is 1. The Balaban J connectivity index is 1.49. The average Bonchev–Trinajstić information content (AvgIpc) is 3.24. The highest BCUT2D eigenvalue weighted by molar-refractivity contribution is 7.13. The zero-order valence-electron chi connectivity index (χ0n) is 16.4. The van der Waals surface area contributed by atoms with Crippen LogP contribution in [0.3, 0.4) is 0 Å². The van der Waals surface area contributed by atoms with Crippen molar-refractivity contribution in [2.24, 2.45) is 0 Å². The van der Waals surface area contributed by atoms with Gasteiger partial charge in [-0.1, -0.05) is 23.8 Å². The molecule has 0 saturated heterocycles. The first-order valence-corrected chi connectivity index (χ1v) is 10.4. The molecule has 0 fully saturated rings. The van der Waals surface area contributed by atoms with Crippen molar-refractivity contribution in [1.29, 1.82) is 0 Å². The Morgan fingerprint density at radius 3 is 2.66 bits per heavy atom. The number of halogens is 1. The molecule has 29 heavy (non-hydrogen) atoms. The molecule has 148 valence electrons. The SMILES string of the molecule is CC1=C(c2ccc(NC(=O)c3ccc(C)cc3F)cc2)CN(c2nccs2)CC1. The fourth-order valence-corrected chi connectivity index (χ4v) is 4.16. The maximum Gasteiger partial charge on any atom is 0.258 e. The van der Waals surface area contributed by atoms with Gasteiger partial charge in [-0.25, -0.2) is 9.37 Å². The number of rotatable bonds is 4. The first-order valence-electron chi connectivity index (χ1n) is 9.52. The first-order chi connectivity index (χ1) is 14.0. The van der Waals surface area contributed by atoms with Gasteiger partial charge in [-0.2, -0.15) is 0 Å². The van der Waals surface area contributed by atoms with Crippen LogP contribution in [-0.4, -0.2) is 24.0 Å². The molecule has 1 N–H and O–H groups in total. The van der Waals surface area contributed by atoms with Crippen LogP contribution in [0.25, 0.3) is 5.57 Å². The van der Waals surface area contributed by atoms with Crippen LogP contribution in [0, 0.1) is 12.7 Å². The summed E-state index contributed by atoms with van der Waals surface area (Å²) in [4.78, 5) is 19.1. The molecule has 0 spiro atoms. The predicted octanol–water partition coefficient (Wildman–Crippen LogP) is 5.53. The van der Waals surface area contributed by atoms with E-state index in [0.29, 0.717) is 5.69 Å². The molecule has 0 radical (unpaired) electrons. The third-order valence-electron chi connectivity index (χ3n) is 5.17. The molecule has 0 aliphatic carbocycles. The van der Waals surface area contributed by atoms with E-state index in [1.54, 1.807) is 24.3 Å². The van der Waals surface area contributed by atoms with Crippen molar-refractivity contribution in [2.75, 3.05) is 23.3 Å². The summed E-state index contributed by atoms with van der Waals surface area (Å²) in [7, 11) is 0. The van der Waals surface area contributed by atoms with E-state index in [9.17, 15) is 9.18 Å². The molecule has 0 bridgehead atoms. The summed E-state index contributed by atoms with van der Waals surface area (Å²) < 4.78 is 14.0. The van der Waals surface area contributed by atoms with E-state index in [0.717, 1.165) is 35.8 Å². The summed E-state index contributed by atoms with van der Waals surface area (Å²) in [6, 6.07) is 12.3. The molecule has 0 atom stereocenters. The Labute approximate surface area is 173 Å². The fraction of sp³-hybridized carbons (Fsp3) is 0.217. The molecule has 0 saturated carbocycles. The maximum absolute atomic E-state index is 14.0. The summed E-state index contributed by atoms with van der Waals surface area (Å²) >= 11 is 1.65. The normalized spacial score (nSPS) is 14.2. The molecule has 2 aromatic carbocycles. The zero-order chi connectivity index (χ0) is 20.4. The van der Waals surface area contributed by atoms with Crippen LogP contribution in [0.5, 0.6) is 0 Å². The lowest BCUT2D eigenvalue weighted by atomic mass is 9.95. The van der Waals surface area contributed by atoms with Gasteiger partial charge in [0.1, 0.15) is 5.82 Å². The van der Waals surface area contributed by atoms with Gasteiger partial charge in [0, 0.05) is 30.4 Å². The van der Waals surface area contributed by atoms with Crippen LogP contribution >= 0.6 is 11.3 Å². The largest absolute Gasteiger partial charge is 0.343 e. The second kappa shape index (κ2) is 8.17. The predicted molar refractivity (Wildman–Crippen MR) is 117 cm³/mol. The van der Waals surface area contributed by atoms with E-state index in [-0.39, 0.29) is 5.56 Å². The van der Waals surface area contributed by atoms with E-state index in [1.165, 1.54) is 23.3 Å². The molecule has 4 nitrogen and oxygen atoms in total. The van der Waals surface area contributed by atoms with E-state index < -0.39 is 11.7 Å². The molecular weight excluding hydrogens is 385 g/mol. The van der Waals surface area contributed by atoms with Crippen molar-refractivity contribution in [2.45, 2.75) is 20.3 Å².